The van der Waals surface area contributed by atoms with Crippen molar-refractivity contribution in [2.75, 3.05) is 44.0 Å². The third-order valence-electron chi connectivity index (χ3n) is 7.11. The second-order valence-corrected chi connectivity index (χ2v) is 10.1. The van der Waals surface area contributed by atoms with E-state index in [2.05, 4.69) is 27.6 Å². The minimum absolute atomic E-state index is 0.144. The molecule has 40 heavy (non-hydrogen) atoms. The Hall–Kier alpha value is -4.63. The van der Waals surface area contributed by atoms with Crippen LogP contribution in [-0.4, -0.2) is 61.2 Å². The van der Waals surface area contributed by atoms with Crippen LogP contribution in [0.4, 0.5) is 11.4 Å². The average Bonchev–Trinajstić information content (AvgIpc) is 3.38. The van der Waals surface area contributed by atoms with Gasteiger partial charge in [0.1, 0.15) is 19.3 Å². The lowest BCUT2D eigenvalue weighted by Gasteiger charge is -2.18. The Balaban J connectivity index is 1.14. The first-order chi connectivity index (χ1) is 19.4. The Kier molecular flexibility index (Phi) is 6.96. The number of benzene rings is 3. The molecule has 1 saturated heterocycles. The van der Waals surface area contributed by atoms with Gasteiger partial charge in [-0.25, -0.2) is 4.98 Å². The number of nitrogens with zero attached hydrogens (tertiary/aromatic N) is 2. The van der Waals surface area contributed by atoms with Crippen LogP contribution in [-0.2, 0) is 0 Å². The van der Waals surface area contributed by atoms with Crippen molar-refractivity contribution in [2.24, 2.45) is 0 Å². The van der Waals surface area contributed by atoms with Crippen LogP contribution < -0.4 is 24.8 Å². The summed E-state index contributed by atoms with van der Waals surface area (Å²) in [6.07, 6.45) is 1.13. The Morgan fingerprint density at radius 2 is 1.68 bits per heavy atom. The molecule has 1 atom stereocenters. The van der Waals surface area contributed by atoms with E-state index in [9.17, 15) is 9.59 Å². The molecule has 204 valence electrons. The van der Waals surface area contributed by atoms with E-state index in [1.165, 1.54) is 0 Å². The summed E-state index contributed by atoms with van der Waals surface area (Å²) in [6.45, 7) is 4.74. The fourth-order valence-corrected chi connectivity index (χ4v) is 4.89. The molecular formula is C31H30N4O5. The smallest absolute Gasteiger partial charge is 0.255 e. The maximum Gasteiger partial charge on any atom is 0.255 e. The van der Waals surface area contributed by atoms with E-state index in [-0.39, 0.29) is 17.9 Å². The molecule has 2 aliphatic heterocycles. The van der Waals surface area contributed by atoms with E-state index in [1.807, 2.05) is 37.3 Å². The molecule has 0 spiro atoms. The van der Waals surface area contributed by atoms with Gasteiger partial charge < -0.3 is 29.7 Å². The summed E-state index contributed by atoms with van der Waals surface area (Å²) in [5.74, 6) is 1.22. The van der Waals surface area contributed by atoms with Crippen LogP contribution in [0.25, 0.3) is 10.9 Å². The van der Waals surface area contributed by atoms with Crippen LogP contribution in [0, 0.1) is 6.92 Å². The molecule has 9 nitrogen and oxygen atoms in total. The summed E-state index contributed by atoms with van der Waals surface area (Å²) < 4.78 is 17.2. The second kappa shape index (κ2) is 10.9. The first kappa shape index (κ1) is 25.6. The zero-order valence-electron chi connectivity index (χ0n) is 22.4. The lowest BCUT2D eigenvalue weighted by molar-refractivity contribution is 0.101. The Bertz CT molecular complexity index is 1600. The number of anilines is 2. The number of carbonyl (C=O) groups excluding carboxylic acids is 2. The van der Waals surface area contributed by atoms with E-state index in [0.717, 1.165) is 36.0 Å². The molecule has 1 fully saturated rings. The van der Waals surface area contributed by atoms with Crippen molar-refractivity contribution in [1.29, 1.82) is 0 Å². The number of aromatic nitrogens is 1. The molecule has 2 amide bonds. The normalized spacial score (nSPS) is 16.5. The number of hydrogen-bond acceptors (Lipinski definition) is 7. The minimum atomic E-state index is -0.288. The van der Waals surface area contributed by atoms with Gasteiger partial charge in [0.15, 0.2) is 11.5 Å². The third kappa shape index (κ3) is 5.55. The van der Waals surface area contributed by atoms with Crippen LogP contribution in [0.3, 0.4) is 0 Å². The maximum absolute atomic E-state index is 13.2. The SMILES string of the molecule is Cc1ccc(NC(=O)c2ccc3c(c2)OCCO3)cc1NC(=O)c1ccc2nc(O[C@@H]3CCN(C)C3)ccc2c1. The molecule has 0 unspecified atom stereocenters. The average molecular weight is 539 g/mol. The largest absolute Gasteiger partial charge is 0.486 e. The number of likely N-dealkylation sites (N-methyl/N-ethyl adjacent to an activating group) is 1. The molecule has 0 aliphatic carbocycles. The molecule has 0 saturated carbocycles. The first-order valence-electron chi connectivity index (χ1n) is 13.3. The van der Waals surface area contributed by atoms with Gasteiger partial charge in [-0.2, -0.15) is 0 Å². The molecule has 0 bridgehead atoms. The van der Waals surface area contributed by atoms with Gasteiger partial charge in [0.25, 0.3) is 11.8 Å². The van der Waals surface area contributed by atoms with Gasteiger partial charge in [0.05, 0.1) is 5.52 Å². The van der Waals surface area contributed by atoms with Gasteiger partial charge in [-0.3, -0.25) is 9.59 Å². The number of carbonyl (C=O) groups is 2. The Labute approximate surface area is 232 Å². The highest BCUT2D eigenvalue weighted by Gasteiger charge is 2.21. The van der Waals surface area contributed by atoms with E-state index < -0.39 is 0 Å². The molecule has 1 aromatic heterocycles. The van der Waals surface area contributed by atoms with Crippen LogP contribution in [0.5, 0.6) is 17.4 Å². The van der Waals surface area contributed by atoms with Crippen LogP contribution in [0.15, 0.2) is 66.7 Å². The number of rotatable bonds is 6. The first-order valence-corrected chi connectivity index (χ1v) is 13.3. The topological polar surface area (TPSA) is 102 Å². The number of hydrogen-bond donors (Lipinski definition) is 2. The Morgan fingerprint density at radius 3 is 2.50 bits per heavy atom. The van der Waals surface area contributed by atoms with Crippen molar-refractivity contribution in [3.63, 3.8) is 0 Å². The molecule has 3 heterocycles. The highest BCUT2D eigenvalue weighted by Crippen LogP contribution is 2.31. The lowest BCUT2D eigenvalue weighted by Crippen LogP contribution is -2.21. The van der Waals surface area contributed by atoms with Gasteiger partial charge in [0, 0.05) is 47.0 Å². The zero-order valence-corrected chi connectivity index (χ0v) is 22.4. The molecule has 9 heteroatoms. The monoisotopic (exact) mass is 538 g/mol. The lowest BCUT2D eigenvalue weighted by atomic mass is 10.1. The van der Waals surface area contributed by atoms with Crippen LogP contribution in [0.1, 0.15) is 32.7 Å². The quantitative estimate of drug-likeness (QED) is 0.360. The van der Waals surface area contributed by atoms with Gasteiger partial charge >= 0.3 is 0 Å². The summed E-state index contributed by atoms with van der Waals surface area (Å²) in [6, 6.07) is 19.6. The second-order valence-electron chi connectivity index (χ2n) is 10.1. The number of likely N-dealkylation sites (tertiary alicyclic amines) is 1. The summed E-state index contributed by atoms with van der Waals surface area (Å²) in [4.78, 5) is 32.9. The molecular weight excluding hydrogens is 508 g/mol. The molecule has 0 radical (unpaired) electrons. The van der Waals surface area contributed by atoms with Crippen molar-refractivity contribution in [3.8, 4) is 17.4 Å². The van der Waals surface area contributed by atoms with E-state index in [1.54, 1.807) is 36.4 Å². The van der Waals surface area contributed by atoms with E-state index >= 15 is 0 Å². The number of ether oxygens (including phenoxy) is 3. The van der Waals surface area contributed by atoms with Gasteiger partial charge in [-0.15, -0.1) is 0 Å². The Morgan fingerprint density at radius 1 is 0.900 bits per heavy atom. The van der Waals surface area contributed by atoms with Gasteiger partial charge in [0.2, 0.25) is 5.88 Å². The molecule has 2 aliphatic rings. The van der Waals surface area contributed by atoms with E-state index in [0.29, 0.717) is 53.1 Å². The summed E-state index contributed by atoms with van der Waals surface area (Å²) in [5.41, 5.74) is 3.75. The highest BCUT2D eigenvalue weighted by molar-refractivity contribution is 6.08. The predicted molar refractivity (Wildman–Crippen MR) is 153 cm³/mol. The predicted octanol–water partition coefficient (Wildman–Crippen LogP) is 4.90. The standard InChI is InChI=1S/C31H30N4O5/c1-19-3-7-23(32-30(36)22-5-9-27-28(16-22)39-14-13-38-27)17-26(19)34-31(37)21-4-8-25-20(15-21)6-10-29(33-25)40-24-11-12-35(2)18-24/h3-10,15-17,24H,11-14,18H2,1-2H3,(H,32,36)(H,34,37)/t24-/m1/s1. The molecule has 2 N–H and O–H groups in total. The number of aryl methyl sites for hydroxylation is 1. The van der Waals surface area contributed by atoms with Crippen molar-refractivity contribution in [2.45, 2.75) is 19.4 Å². The minimum Gasteiger partial charge on any atom is -0.486 e. The summed E-state index contributed by atoms with van der Waals surface area (Å²) in [7, 11) is 2.08. The fourth-order valence-electron chi connectivity index (χ4n) is 4.89. The molecule has 6 rings (SSSR count). The summed E-state index contributed by atoms with van der Waals surface area (Å²) >= 11 is 0. The van der Waals surface area contributed by atoms with Crippen molar-refractivity contribution in [3.05, 3.63) is 83.4 Å². The van der Waals surface area contributed by atoms with E-state index in [4.69, 9.17) is 14.2 Å². The van der Waals surface area contributed by atoms with Gasteiger partial charge in [-0.1, -0.05) is 6.07 Å². The van der Waals surface area contributed by atoms with Crippen molar-refractivity contribution >= 4 is 34.1 Å². The number of pyridine rings is 1. The third-order valence-corrected chi connectivity index (χ3v) is 7.11. The number of fused-ring (bicyclic) bond motifs is 2. The van der Waals surface area contributed by atoms with Crippen molar-refractivity contribution in [1.82, 2.24) is 9.88 Å². The molecule has 3 aromatic carbocycles. The summed E-state index contributed by atoms with van der Waals surface area (Å²) in [5, 5.41) is 6.71. The number of amides is 2. The van der Waals surface area contributed by atoms with Crippen molar-refractivity contribution < 1.29 is 23.8 Å². The van der Waals surface area contributed by atoms with Crippen LogP contribution >= 0.6 is 0 Å². The fraction of sp³-hybridized carbons (Fsp3) is 0.258. The van der Waals surface area contributed by atoms with Crippen LogP contribution in [0.2, 0.25) is 0 Å². The molecule has 4 aromatic rings. The number of nitrogens with one attached hydrogen (secondary N) is 2. The zero-order chi connectivity index (χ0) is 27.6. The highest BCUT2D eigenvalue weighted by atomic mass is 16.6. The van der Waals surface area contributed by atoms with Gasteiger partial charge in [-0.05, 0) is 80.6 Å². The maximum atomic E-state index is 13.2.